The minimum atomic E-state index is -0.0815. The van der Waals surface area contributed by atoms with Gasteiger partial charge in [-0.2, -0.15) is 0 Å². The molecule has 94 valence electrons. The highest BCUT2D eigenvalue weighted by molar-refractivity contribution is 6.32. The average molecular weight is 271 g/mol. The molecule has 0 radical (unpaired) electrons. The summed E-state index contributed by atoms with van der Waals surface area (Å²) in [4.78, 5) is 12.1. The molecule has 0 unspecified atom stereocenters. The van der Waals surface area contributed by atoms with E-state index < -0.39 is 0 Å². The lowest BCUT2D eigenvalue weighted by molar-refractivity contribution is 0.618. The molecule has 2 aromatic carbocycles. The van der Waals surface area contributed by atoms with E-state index in [1.807, 2.05) is 37.3 Å². The lowest BCUT2D eigenvalue weighted by Crippen LogP contribution is -2.00. The van der Waals surface area contributed by atoms with E-state index in [2.05, 4.69) is 0 Å². The fourth-order valence-electron chi connectivity index (χ4n) is 2.02. The van der Waals surface area contributed by atoms with E-state index in [1.165, 1.54) is 6.07 Å². The van der Waals surface area contributed by atoms with Crippen molar-refractivity contribution in [2.75, 3.05) is 0 Å². The van der Waals surface area contributed by atoms with E-state index in [-0.39, 0.29) is 5.43 Å². The van der Waals surface area contributed by atoms with Gasteiger partial charge in [-0.1, -0.05) is 41.9 Å². The van der Waals surface area contributed by atoms with Gasteiger partial charge in [-0.25, -0.2) is 0 Å². The summed E-state index contributed by atoms with van der Waals surface area (Å²) < 4.78 is 5.81. The van der Waals surface area contributed by atoms with Crippen LogP contribution >= 0.6 is 11.6 Å². The maximum Gasteiger partial charge on any atom is 0.193 e. The van der Waals surface area contributed by atoms with Crippen molar-refractivity contribution in [3.63, 3.8) is 0 Å². The lowest BCUT2D eigenvalue weighted by Gasteiger charge is -2.05. The summed E-state index contributed by atoms with van der Waals surface area (Å²) in [5, 5.41) is 1.09. The van der Waals surface area contributed by atoms with E-state index in [9.17, 15) is 4.79 Å². The summed E-state index contributed by atoms with van der Waals surface area (Å²) in [7, 11) is 0. The SMILES string of the molecule is Cc1cc2oc(-c3ccccc3)cc(=O)c2cc1Cl. The first kappa shape index (κ1) is 12.0. The Bertz CT molecular complexity index is 804. The van der Waals surface area contributed by atoms with Crippen LogP contribution < -0.4 is 5.43 Å². The largest absolute Gasteiger partial charge is 0.456 e. The molecule has 0 aliphatic heterocycles. The highest BCUT2D eigenvalue weighted by Crippen LogP contribution is 2.25. The number of benzene rings is 2. The number of halogens is 1. The molecule has 0 saturated heterocycles. The summed E-state index contributed by atoms with van der Waals surface area (Å²) in [6.45, 7) is 1.89. The minimum absolute atomic E-state index is 0.0815. The van der Waals surface area contributed by atoms with Gasteiger partial charge >= 0.3 is 0 Å². The molecule has 1 aromatic heterocycles. The molecule has 0 spiro atoms. The summed E-state index contributed by atoms with van der Waals surface area (Å²) >= 11 is 6.04. The predicted molar refractivity (Wildman–Crippen MR) is 77.7 cm³/mol. The zero-order valence-corrected chi connectivity index (χ0v) is 11.1. The van der Waals surface area contributed by atoms with Gasteiger partial charge in [-0.05, 0) is 24.6 Å². The maximum atomic E-state index is 12.1. The molecule has 0 atom stereocenters. The van der Waals surface area contributed by atoms with Gasteiger partial charge in [0.15, 0.2) is 5.43 Å². The average Bonchev–Trinajstić information content (AvgIpc) is 2.42. The Hall–Kier alpha value is -2.06. The number of fused-ring (bicyclic) bond motifs is 1. The normalized spacial score (nSPS) is 10.8. The predicted octanol–water partition coefficient (Wildman–Crippen LogP) is 4.42. The molecule has 0 fully saturated rings. The molecule has 0 amide bonds. The van der Waals surface area contributed by atoms with E-state index >= 15 is 0 Å². The second-order valence-corrected chi connectivity index (χ2v) is 4.85. The van der Waals surface area contributed by atoms with Crippen LogP contribution in [-0.2, 0) is 0 Å². The fraction of sp³-hybridized carbons (Fsp3) is 0.0625. The summed E-state index contributed by atoms with van der Waals surface area (Å²) in [6.07, 6.45) is 0. The van der Waals surface area contributed by atoms with Crippen molar-refractivity contribution in [1.29, 1.82) is 0 Å². The van der Waals surface area contributed by atoms with Crippen molar-refractivity contribution in [1.82, 2.24) is 0 Å². The summed E-state index contributed by atoms with van der Waals surface area (Å²) in [6, 6.07) is 14.5. The van der Waals surface area contributed by atoms with Crippen LogP contribution in [0.4, 0.5) is 0 Å². The molecule has 3 rings (SSSR count). The van der Waals surface area contributed by atoms with Crippen molar-refractivity contribution in [2.24, 2.45) is 0 Å². The highest BCUT2D eigenvalue weighted by Gasteiger charge is 2.08. The van der Waals surface area contributed by atoms with Gasteiger partial charge < -0.3 is 4.42 Å². The Kier molecular flexibility index (Phi) is 2.88. The Morgan fingerprint density at radius 1 is 1.05 bits per heavy atom. The van der Waals surface area contributed by atoms with Gasteiger partial charge in [0, 0.05) is 16.7 Å². The van der Waals surface area contributed by atoms with E-state index in [0.717, 1.165) is 11.1 Å². The Balaban J connectivity index is 2.31. The molecule has 0 N–H and O–H groups in total. The molecule has 0 bridgehead atoms. The van der Waals surface area contributed by atoms with Gasteiger partial charge in [-0.3, -0.25) is 4.79 Å². The Labute approximate surface area is 115 Å². The lowest BCUT2D eigenvalue weighted by atomic mass is 10.1. The van der Waals surface area contributed by atoms with Crippen LogP contribution in [-0.4, -0.2) is 0 Å². The molecule has 2 nitrogen and oxygen atoms in total. The highest BCUT2D eigenvalue weighted by atomic mass is 35.5. The number of aryl methyl sites for hydroxylation is 1. The van der Waals surface area contributed by atoms with Crippen molar-refractivity contribution in [3.05, 3.63) is 69.3 Å². The van der Waals surface area contributed by atoms with Crippen LogP contribution in [0.3, 0.4) is 0 Å². The van der Waals surface area contributed by atoms with E-state index in [4.69, 9.17) is 16.0 Å². The van der Waals surface area contributed by atoms with Gasteiger partial charge in [0.25, 0.3) is 0 Å². The molecule has 0 aliphatic carbocycles. The Morgan fingerprint density at radius 3 is 2.53 bits per heavy atom. The van der Waals surface area contributed by atoms with Crippen LogP contribution in [0.2, 0.25) is 5.02 Å². The molecular weight excluding hydrogens is 260 g/mol. The third-order valence-corrected chi connectivity index (χ3v) is 3.47. The second kappa shape index (κ2) is 4.56. The van der Waals surface area contributed by atoms with E-state index in [1.54, 1.807) is 12.1 Å². The molecule has 0 aliphatic rings. The zero-order chi connectivity index (χ0) is 13.4. The molecule has 0 saturated carbocycles. The first-order valence-electron chi connectivity index (χ1n) is 5.94. The number of hydrogen-bond acceptors (Lipinski definition) is 2. The molecular formula is C16H11ClO2. The van der Waals surface area contributed by atoms with Crippen LogP contribution in [0.5, 0.6) is 0 Å². The topological polar surface area (TPSA) is 30.2 Å². The van der Waals surface area contributed by atoms with Crippen LogP contribution in [0.1, 0.15) is 5.56 Å². The minimum Gasteiger partial charge on any atom is -0.456 e. The van der Waals surface area contributed by atoms with Crippen molar-refractivity contribution >= 4 is 22.6 Å². The fourth-order valence-corrected chi connectivity index (χ4v) is 2.19. The zero-order valence-electron chi connectivity index (χ0n) is 10.3. The van der Waals surface area contributed by atoms with Gasteiger partial charge in [0.2, 0.25) is 0 Å². The third-order valence-electron chi connectivity index (χ3n) is 3.07. The first-order chi connectivity index (χ1) is 9.15. The molecule has 3 heteroatoms. The third kappa shape index (κ3) is 2.15. The Morgan fingerprint density at radius 2 is 1.79 bits per heavy atom. The monoisotopic (exact) mass is 270 g/mol. The van der Waals surface area contributed by atoms with E-state index in [0.29, 0.717) is 21.8 Å². The number of hydrogen-bond donors (Lipinski definition) is 0. The van der Waals surface area contributed by atoms with Crippen molar-refractivity contribution < 1.29 is 4.42 Å². The smallest absolute Gasteiger partial charge is 0.193 e. The molecule has 19 heavy (non-hydrogen) atoms. The van der Waals surface area contributed by atoms with Gasteiger partial charge in [0.05, 0.1) is 5.39 Å². The standard InChI is InChI=1S/C16H11ClO2/c1-10-7-16-12(8-13(10)17)14(18)9-15(19-16)11-5-3-2-4-6-11/h2-9H,1H3. The summed E-state index contributed by atoms with van der Waals surface area (Å²) in [5.74, 6) is 0.569. The van der Waals surface area contributed by atoms with Crippen LogP contribution in [0, 0.1) is 6.92 Å². The van der Waals surface area contributed by atoms with Crippen molar-refractivity contribution in [2.45, 2.75) is 6.92 Å². The number of rotatable bonds is 1. The first-order valence-corrected chi connectivity index (χ1v) is 6.32. The molecule has 1 heterocycles. The van der Waals surface area contributed by atoms with Gasteiger partial charge in [-0.15, -0.1) is 0 Å². The molecule has 3 aromatic rings. The summed E-state index contributed by atoms with van der Waals surface area (Å²) in [5.41, 5.74) is 2.26. The quantitative estimate of drug-likeness (QED) is 0.655. The van der Waals surface area contributed by atoms with Crippen LogP contribution in [0.15, 0.2) is 57.7 Å². The van der Waals surface area contributed by atoms with Crippen molar-refractivity contribution in [3.8, 4) is 11.3 Å². The van der Waals surface area contributed by atoms with Crippen LogP contribution in [0.25, 0.3) is 22.3 Å². The van der Waals surface area contributed by atoms with Gasteiger partial charge in [0.1, 0.15) is 11.3 Å². The second-order valence-electron chi connectivity index (χ2n) is 4.44. The maximum absolute atomic E-state index is 12.1.